The zero-order valence-electron chi connectivity index (χ0n) is 11.2. The molecular weight excluding hydrogens is 324 g/mol. The molecule has 4 heteroatoms. The van der Waals surface area contributed by atoms with Gasteiger partial charge in [-0.2, -0.15) is 0 Å². The van der Waals surface area contributed by atoms with Crippen molar-refractivity contribution in [3.63, 3.8) is 0 Å². The molecule has 19 heavy (non-hydrogen) atoms. The number of aromatic nitrogens is 1. The number of hydrogen-bond donors (Lipinski definition) is 1. The summed E-state index contributed by atoms with van der Waals surface area (Å²) in [6.45, 7) is 6.38. The topological polar surface area (TPSA) is 24.9 Å². The number of anilines is 1. The average Bonchev–Trinajstić information content (AvgIpc) is 2.37. The minimum atomic E-state index is 0.217. The molecule has 0 aliphatic carbocycles. The van der Waals surface area contributed by atoms with E-state index >= 15 is 0 Å². The summed E-state index contributed by atoms with van der Waals surface area (Å²) >= 11 is 9.27. The summed E-state index contributed by atoms with van der Waals surface area (Å²) in [5, 5.41) is 3.90. The van der Waals surface area contributed by atoms with Gasteiger partial charge in [0.25, 0.3) is 0 Å². The Kier molecular flexibility index (Phi) is 4.48. The van der Waals surface area contributed by atoms with E-state index < -0.39 is 0 Å². The maximum atomic E-state index is 5.89. The number of benzene rings is 1. The number of hydrogen-bond acceptors (Lipinski definition) is 2. The lowest BCUT2D eigenvalue weighted by Gasteiger charge is -2.17. The molecule has 1 aromatic heterocycles. The van der Waals surface area contributed by atoms with Gasteiger partial charge in [0, 0.05) is 6.04 Å². The molecule has 1 atom stereocenters. The molecule has 0 radical (unpaired) electrons. The standard InChI is InChI=1S/C15H16BrClN2/c1-9-4-5-12(6-10(9)2)11(3)19-13-7-14(16)15(17)18-8-13/h4-8,11,19H,1-3H3. The summed E-state index contributed by atoms with van der Waals surface area (Å²) in [7, 11) is 0. The van der Waals surface area contributed by atoms with Gasteiger partial charge in [0.05, 0.1) is 16.4 Å². The number of halogens is 2. The first-order chi connectivity index (χ1) is 8.97. The van der Waals surface area contributed by atoms with Crippen LogP contribution >= 0.6 is 27.5 Å². The first-order valence-electron chi connectivity index (χ1n) is 6.12. The van der Waals surface area contributed by atoms with Gasteiger partial charge in [-0.1, -0.05) is 29.8 Å². The highest BCUT2D eigenvalue weighted by molar-refractivity contribution is 9.10. The van der Waals surface area contributed by atoms with Crippen molar-refractivity contribution in [1.29, 1.82) is 0 Å². The smallest absolute Gasteiger partial charge is 0.143 e. The molecule has 0 saturated carbocycles. The van der Waals surface area contributed by atoms with Gasteiger partial charge in [0.1, 0.15) is 5.15 Å². The fourth-order valence-electron chi connectivity index (χ4n) is 1.87. The average molecular weight is 340 g/mol. The quantitative estimate of drug-likeness (QED) is 0.769. The molecule has 0 saturated heterocycles. The van der Waals surface area contributed by atoms with Crippen molar-refractivity contribution in [2.45, 2.75) is 26.8 Å². The van der Waals surface area contributed by atoms with Crippen LogP contribution in [0.2, 0.25) is 5.15 Å². The van der Waals surface area contributed by atoms with Crippen LogP contribution in [0.1, 0.15) is 29.7 Å². The predicted octanol–water partition coefficient (Wildman–Crippen LogP) is 5.29. The number of nitrogens with zero attached hydrogens (tertiary/aromatic N) is 1. The van der Waals surface area contributed by atoms with E-state index in [2.05, 4.69) is 65.2 Å². The Morgan fingerprint density at radius 1 is 1.21 bits per heavy atom. The van der Waals surface area contributed by atoms with Crippen molar-refractivity contribution in [3.05, 3.63) is 56.8 Å². The fourth-order valence-corrected chi connectivity index (χ4v) is 2.32. The Morgan fingerprint density at radius 3 is 2.58 bits per heavy atom. The van der Waals surface area contributed by atoms with Gasteiger partial charge >= 0.3 is 0 Å². The number of pyridine rings is 1. The Morgan fingerprint density at radius 2 is 1.95 bits per heavy atom. The lowest BCUT2D eigenvalue weighted by molar-refractivity contribution is 0.879. The summed E-state index contributed by atoms with van der Waals surface area (Å²) in [4.78, 5) is 4.11. The molecule has 100 valence electrons. The maximum Gasteiger partial charge on any atom is 0.143 e. The van der Waals surface area contributed by atoms with Crippen molar-refractivity contribution in [3.8, 4) is 0 Å². The zero-order chi connectivity index (χ0) is 14.0. The van der Waals surface area contributed by atoms with Crippen LogP contribution in [0.25, 0.3) is 0 Å². The zero-order valence-corrected chi connectivity index (χ0v) is 13.5. The second-order valence-electron chi connectivity index (χ2n) is 4.71. The third-order valence-corrected chi connectivity index (χ3v) is 4.34. The molecule has 0 amide bonds. The molecular formula is C15H16BrClN2. The normalized spacial score (nSPS) is 12.3. The van der Waals surface area contributed by atoms with E-state index in [9.17, 15) is 0 Å². The van der Waals surface area contributed by atoms with Crippen LogP contribution in [0.4, 0.5) is 5.69 Å². The SMILES string of the molecule is Cc1ccc(C(C)Nc2cnc(Cl)c(Br)c2)cc1C. The van der Waals surface area contributed by atoms with Gasteiger partial charge in [-0.15, -0.1) is 0 Å². The first-order valence-corrected chi connectivity index (χ1v) is 7.29. The summed E-state index contributed by atoms with van der Waals surface area (Å²) in [5.41, 5.74) is 4.82. The van der Waals surface area contributed by atoms with Crippen LogP contribution < -0.4 is 5.32 Å². The summed E-state index contributed by atoms with van der Waals surface area (Å²) < 4.78 is 0.798. The number of nitrogens with one attached hydrogen (secondary N) is 1. The molecule has 2 nitrogen and oxygen atoms in total. The minimum Gasteiger partial charge on any atom is -0.377 e. The number of rotatable bonds is 3. The Labute approximate surface area is 127 Å². The lowest BCUT2D eigenvalue weighted by Crippen LogP contribution is -2.07. The van der Waals surface area contributed by atoms with Crippen LogP contribution in [0.15, 0.2) is 34.9 Å². The van der Waals surface area contributed by atoms with Crippen LogP contribution in [0.3, 0.4) is 0 Å². The van der Waals surface area contributed by atoms with Gasteiger partial charge < -0.3 is 5.32 Å². The Hall–Kier alpha value is -1.06. The van der Waals surface area contributed by atoms with Gasteiger partial charge in [-0.3, -0.25) is 0 Å². The number of aryl methyl sites for hydroxylation is 2. The van der Waals surface area contributed by atoms with E-state index in [-0.39, 0.29) is 6.04 Å². The van der Waals surface area contributed by atoms with Crippen LogP contribution in [-0.4, -0.2) is 4.98 Å². The molecule has 1 N–H and O–H groups in total. The van der Waals surface area contributed by atoms with Crippen molar-refractivity contribution in [2.24, 2.45) is 0 Å². The van der Waals surface area contributed by atoms with Crippen LogP contribution in [0, 0.1) is 13.8 Å². The van der Waals surface area contributed by atoms with Gasteiger partial charge in [0.2, 0.25) is 0 Å². The van der Waals surface area contributed by atoms with E-state index in [0.717, 1.165) is 10.2 Å². The summed E-state index contributed by atoms with van der Waals surface area (Å²) in [6.07, 6.45) is 1.74. The highest BCUT2D eigenvalue weighted by atomic mass is 79.9. The van der Waals surface area contributed by atoms with Crippen molar-refractivity contribution >= 4 is 33.2 Å². The molecule has 0 fully saturated rings. The summed E-state index contributed by atoms with van der Waals surface area (Å²) in [5.74, 6) is 0. The molecule has 0 aliphatic heterocycles. The predicted molar refractivity (Wildman–Crippen MR) is 84.9 cm³/mol. The maximum absolute atomic E-state index is 5.89. The first kappa shape index (κ1) is 14.4. The third-order valence-electron chi connectivity index (χ3n) is 3.21. The van der Waals surface area contributed by atoms with Crippen LogP contribution in [0.5, 0.6) is 0 Å². The van der Waals surface area contributed by atoms with Crippen LogP contribution in [-0.2, 0) is 0 Å². The van der Waals surface area contributed by atoms with E-state index in [1.165, 1.54) is 16.7 Å². The van der Waals surface area contributed by atoms with E-state index in [1.54, 1.807) is 6.20 Å². The summed E-state index contributed by atoms with van der Waals surface area (Å²) in [6, 6.07) is 8.67. The largest absolute Gasteiger partial charge is 0.377 e. The van der Waals surface area contributed by atoms with E-state index in [4.69, 9.17) is 11.6 Å². The molecule has 2 rings (SSSR count). The molecule has 0 spiro atoms. The minimum absolute atomic E-state index is 0.217. The fraction of sp³-hybridized carbons (Fsp3) is 0.267. The Balaban J connectivity index is 2.17. The highest BCUT2D eigenvalue weighted by Gasteiger charge is 2.08. The molecule has 0 bridgehead atoms. The van der Waals surface area contributed by atoms with Crippen molar-refractivity contribution in [1.82, 2.24) is 4.98 Å². The highest BCUT2D eigenvalue weighted by Crippen LogP contribution is 2.26. The van der Waals surface area contributed by atoms with Gasteiger partial charge in [-0.25, -0.2) is 4.98 Å². The van der Waals surface area contributed by atoms with Crippen molar-refractivity contribution < 1.29 is 0 Å². The second-order valence-corrected chi connectivity index (χ2v) is 5.92. The molecule has 0 aliphatic rings. The molecule has 1 heterocycles. The van der Waals surface area contributed by atoms with Gasteiger partial charge in [0.15, 0.2) is 0 Å². The lowest BCUT2D eigenvalue weighted by atomic mass is 10.0. The van der Waals surface area contributed by atoms with Gasteiger partial charge in [-0.05, 0) is 59.5 Å². The monoisotopic (exact) mass is 338 g/mol. The van der Waals surface area contributed by atoms with E-state index in [1.807, 2.05) is 6.07 Å². The van der Waals surface area contributed by atoms with Crippen molar-refractivity contribution in [2.75, 3.05) is 5.32 Å². The molecule has 1 aromatic carbocycles. The molecule has 1 unspecified atom stereocenters. The van der Waals surface area contributed by atoms with E-state index in [0.29, 0.717) is 5.15 Å². The second kappa shape index (κ2) is 5.93. The third kappa shape index (κ3) is 3.48. The Bertz CT molecular complexity index is 599. The molecule has 2 aromatic rings.